The molecule has 0 heterocycles. The molecule has 0 bridgehead atoms. The predicted octanol–water partition coefficient (Wildman–Crippen LogP) is 3.75. The third-order valence-corrected chi connectivity index (χ3v) is 5.41. The van der Waals surface area contributed by atoms with Gasteiger partial charge < -0.3 is 5.32 Å². The number of nitrogens with zero attached hydrogens (tertiary/aromatic N) is 1. The molecule has 2 aromatic carbocycles. The van der Waals surface area contributed by atoms with Gasteiger partial charge in [-0.3, -0.25) is 9.10 Å². The van der Waals surface area contributed by atoms with Crippen LogP contribution in [0.4, 0.5) is 11.4 Å². The van der Waals surface area contributed by atoms with Gasteiger partial charge in [-0.2, -0.15) is 0 Å². The molecule has 1 N–H and O–H groups in total. The van der Waals surface area contributed by atoms with E-state index in [1.54, 1.807) is 24.3 Å². The van der Waals surface area contributed by atoms with Crippen LogP contribution < -0.4 is 9.62 Å². The Hall–Kier alpha value is -2.05. The van der Waals surface area contributed by atoms with Crippen molar-refractivity contribution in [1.82, 2.24) is 0 Å². The fourth-order valence-electron chi connectivity index (χ4n) is 2.35. The molecule has 0 saturated carbocycles. The first-order valence-electron chi connectivity index (χ1n) is 7.78. The van der Waals surface area contributed by atoms with Gasteiger partial charge in [-0.15, -0.1) is 0 Å². The number of hydrogen-bond acceptors (Lipinski definition) is 3. The van der Waals surface area contributed by atoms with Crippen molar-refractivity contribution >= 4 is 38.9 Å². The lowest BCUT2D eigenvalue weighted by molar-refractivity contribution is -0.116. The van der Waals surface area contributed by atoms with E-state index in [0.717, 1.165) is 23.1 Å². The second kappa shape index (κ2) is 7.89. The first kappa shape index (κ1) is 19.3. The lowest BCUT2D eigenvalue weighted by atomic mass is 10.2. The lowest BCUT2D eigenvalue weighted by Crippen LogP contribution is -2.33. The van der Waals surface area contributed by atoms with Crippen molar-refractivity contribution in [3.05, 3.63) is 58.6 Å². The number of benzene rings is 2. The van der Waals surface area contributed by atoms with Gasteiger partial charge in [-0.1, -0.05) is 35.9 Å². The van der Waals surface area contributed by atoms with Gasteiger partial charge in [-0.05, 0) is 43.2 Å². The summed E-state index contributed by atoms with van der Waals surface area (Å²) in [6.07, 6.45) is 1.15. The smallest absolute Gasteiger partial charge is 0.232 e. The fraction of sp³-hybridized carbons (Fsp3) is 0.278. The van der Waals surface area contributed by atoms with Crippen LogP contribution >= 0.6 is 11.6 Å². The van der Waals surface area contributed by atoms with E-state index in [0.29, 0.717) is 10.7 Å². The average Bonchev–Trinajstić information content (AvgIpc) is 2.52. The second-order valence-corrected chi connectivity index (χ2v) is 8.20. The largest absolute Gasteiger partial charge is 0.326 e. The molecule has 7 heteroatoms. The number of nitrogens with one attached hydrogen (secondary N) is 1. The molecule has 1 amide bonds. The topological polar surface area (TPSA) is 66.5 Å². The van der Waals surface area contributed by atoms with E-state index >= 15 is 0 Å². The highest BCUT2D eigenvalue weighted by atomic mass is 35.5. The van der Waals surface area contributed by atoms with E-state index in [4.69, 9.17) is 11.6 Å². The zero-order valence-corrected chi connectivity index (χ0v) is 16.0. The monoisotopic (exact) mass is 380 g/mol. The molecule has 0 aliphatic heterocycles. The number of carbonyl (C=O) groups is 1. The molecular weight excluding hydrogens is 360 g/mol. The highest BCUT2D eigenvalue weighted by Crippen LogP contribution is 2.25. The van der Waals surface area contributed by atoms with E-state index < -0.39 is 10.0 Å². The predicted molar refractivity (Wildman–Crippen MR) is 103 cm³/mol. The summed E-state index contributed by atoms with van der Waals surface area (Å²) in [5.41, 5.74) is 2.97. The van der Waals surface area contributed by atoms with Crippen LogP contribution in [0.2, 0.25) is 5.02 Å². The maximum Gasteiger partial charge on any atom is 0.232 e. The first-order chi connectivity index (χ1) is 11.7. The third kappa shape index (κ3) is 5.21. The molecule has 0 saturated heterocycles. The average molecular weight is 381 g/mol. The van der Waals surface area contributed by atoms with Crippen LogP contribution in [0, 0.1) is 13.8 Å². The van der Waals surface area contributed by atoms with Crippen molar-refractivity contribution < 1.29 is 13.2 Å². The fourth-order valence-corrected chi connectivity index (χ4v) is 3.45. The van der Waals surface area contributed by atoms with Gasteiger partial charge in [0.05, 0.1) is 11.9 Å². The highest BCUT2D eigenvalue weighted by Gasteiger charge is 2.19. The number of carbonyl (C=O) groups excluding carboxylic acids is 1. The Morgan fingerprint density at radius 2 is 1.80 bits per heavy atom. The molecule has 0 spiro atoms. The normalized spacial score (nSPS) is 11.2. The van der Waals surface area contributed by atoms with Crippen molar-refractivity contribution in [3.63, 3.8) is 0 Å². The molecule has 0 aromatic heterocycles. The number of aryl methyl sites for hydroxylation is 2. The molecule has 2 aromatic rings. The summed E-state index contributed by atoms with van der Waals surface area (Å²) >= 11 is 6.09. The van der Waals surface area contributed by atoms with Crippen molar-refractivity contribution in [2.45, 2.75) is 20.3 Å². The molecular formula is C18H21ClN2O3S. The van der Waals surface area contributed by atoms with Crippen LogP contribution in [0.1, 0.15) is 17.5 Å². The number of halogens is 1. The van der Waals surface area contributed by atoms with Gasteiger partial charge in [0, 0.05) is 23.7 Å². The number of rotatable bonds is 6. The van der Waals surface area contributed by atoms with Crippen molar-refractivity contribution in [1.29, 1.82) is 0 Å². The van der Waals surface area contributed by atoms with E-state index in [-0.39, 0.29) is 18.9 Å². The number of para-hydroxylation sites is 1. The summed E-state index contributed by atoms with van der Waals surface area (Å²) < 4.78 is 25.4. The summed E-state index contributed by atoms with van der Waals surface area (Å²) in [6.45, 7) is 3.77. The zero-order chi connectivity index (χ0) is 18.6. The van der Waals surface area contributed by atoms with E-state index in [2.05, 4.69) is 5.32 Å². The highest BCUT2D eigenvalue weighted by molar-refractivity contribution is 7.92. The number of amides is 1. The van der Waals surface area contributed by atoms with Gasteiger partial charge in [0.15, 0.2) is 0 Å². The molecule has 0 atom stereocenters. The second-order valence-electron chi connectivity index (χ2n) is 5.88. The molecule has 0 aliphatic rings. The molecule has 0 aliphatic carbocycles. The Bertz CT molecular complexity index is 882. The van der Waals surface area contributed by atoms with Crippen molar-refractivity contribution in [2.75, 3.05) is 22.4 Å². The maximum absolute atomic E-state index is 12.2. The van der Waals surface area contributed by atoms with Crippen LogP contribution in [0.5, 0.6) is 0 Å². The molecule has 2 rings (SSSR count). The summed E-state index contributed by atoms with van der Waals surface area (Å²) in [4.78, 5) is 12.2. The molecule has 25 heavy (non-hydrogen) atoms. The van der Waals surface area contributed by atoms with E-state index in [1.165, 1.54) is 4.31 Å². The van der Waals surface area contributed by atoms with Crippen LogP contribution in [-0.4, -0.2) is 27.1 Å². The summed E-state index contributed by atoms with van der Waals surface area (Å²) in [5.74, 6) is -0.249. The Morgan fingerprint density at radius 3 is 2.40 bits per heavy atom. The molecule has 5 nitrogen and oxygen atoms in total. The van der Waals surface area contributed by atoms with Gasteiger partial charge >= 0.3 is 0 Å². The third-order valence-electron chi connectivity index (χ3n) is 3.80. The number of anilines is 2. The molecule has 0 unspecified atom stereocenters. The van der Waals surface area contributed by atoms with E-state index in [1.807, 2.05) is 32.0 Å². The van der Waals surface area contributed by atoms with Gasteiger partial charge in [0.1, 0.15) is 0 Å². The lowest BCUT2D eigenvalue weighted by Gasteiger charge is -2.22. The molecule has 0 radical (unpaired) electrons. The summed E-state index contributed by atoms with van der Waals surface area (Å²) in [7, 11) is -3.53. The quantitative estimate of drug-likeness (QED) is 0.829. The van der Waals surface area contributed by atoms with Crippen molar-refractivity contribution in [3.8, 4) is 0 Å². The van der Waals surface area contributed by atoms with Crippen LogP contribution in [0.15, 0.2) is 42.5 Å². The number of hydrogen-bond donors (Lipinski definition) is 1. The minimum absolute atomic E-state index is 0.0346. The van der Waals surface area contributed by atoms with E-state index in [9.17, 15) is 13.2 Å². The Morgan fingerprint density at radius 1 is 1.12 bits per heavy atom. The van der Waals surface area contributed by atoms with Crippen LogP contribution in [-0.2, 0) is 14.8 Å². The van der Waals surface area contributed by atoms with Crippen LogP contribution in [0.3, 0.4) is 0 Å². The SMILES string of the molecule is Cc1ccc(N(CCC(=O)Nc2ccccc2C)S(C)(=O)=O)cc1Cl. The first-order valence-corrected chi connectivity index (χ1v) is 10.0. The van der Waals surface area contributed by atoms with Gasteiger partial charge in [-0.25, -0.2) is 8.42 Å². The van der Waals surface area contributed by atoms with Gasteiger partial charge in [0.25, 0.3) is 0 Å². The zero-order valence-electron chi connectivity index (χ0n) is 14.4. The Balaban J connectivity index is 2.12. The van der Waals surface area contributed by atoms with Crippen molar-refractivity contribution in [2.24, 2.45) is 0 Å². The minimum atomic E-state index is -3.53. The standard InChI is InChI=1S/C18H21ClN2O3S/c1-13-8-9-15(12-16(13)19)21(25(3,23)24)11-10-18(22)20-17-7-5-4-6-14(17)2/h4-9,12H,10-11H2,1-3H3,(H,20,22). The van der Waals surface area contributed by atoms with Gasteiger partial charge in [0.2, 0.25) is 15.9 Å². The Labute approximate surface area is 153 Å². The van der Waals surface area contributed by atoms with Crippen LogP contribution in [0.25, 0.3) is 0 Å². The molecule has 0 fully saturated rings. The summed E-state index contributed by atoms with van der Waals surface area (Å²) in [6, 6.07) is 12.5. The Kier molecular flexibility index (Phi) is 6.08. The summed E-state index contributed by atoms with van der Waals surface area (Å²) in [5, 5.41) is 3.28. The maximum atomic E-state index is 12.2. The molecule has 134 valence electrons. The number of sulfonamides is 1. The minimum Gasteiger partial charge on any atom is -0.326 e.